The Balaban J connectivity index is 1.69. The standard InChI is InChI=1S/C24H24N2O5/c1-3-31-20-12-15(8-9-19(20)28)22-21(14(2)27)23(29)24(30)26(22)11-10-16-13-25-18-7-5-4-6-17(16)18/h4-9,12-13,21-22,25,28H,3,10-11H2,1-2H3. The first-order valence-electron chi connectivity index (χ1n) is 10.3. The molecule has 1 aliphatic rings. The molecule has 0 saturated carbocycles. The number of para-hydroxylation sites is 1. The lowest BCUT2D eigenvalue weighted by molar-refractivity contribution is -0.142. The number of benzene rings is 2. The minimum atomic E-state index is -1.07. The summed E-state index contributed by atoms with van der Waals surface area (Å²) in [5.74, 6) is -2.56. The number of aromatic amines is 1. The van der Waals surface area contributed by atoms with Crippen molar-refractivity contribution in [3.63, 3.8) is 0 Å². The number of amides is 1. The normalized spacial score (nSPS) is 18.7. The van der Waals surface area contributed by atoms with Gasteiger partial charge in [0.1, 0.15) is 11.7 Å². The van der Waals surface area contributed by atoms with Gasteiger partial charge >= 0.3 is 0 Å². The maximum Gasteiger partial charge on any atom is 0.291 e. The van der Waals surface area contributed by atoms with Crippen molar-refractivity contribution in [1.82, 2.24) is 9.88 Å². The quantitative estimate of drug-likeness (QED) is 0.452. The summed E-state index contributed by atoms with van der Waals surface area (Å²) in [6, 6.07) is 11.8. The summed E-state index contributed by atoms with van der Waals surface area (Å²) in [6.45, 7) is 3.75. The van der Waals surface area contributed by atoms with Crippen molar-refractivity contribution in [3.05, 3.63) is 59.8 Å². The van der Waals surface area contributed by atoms with Gasteiger partial charge in [-0.3, -0.25) is 14.4 Å². The van der Waals surface area contributed by atoms with Gasteiger partial charge in [-0.1, -0.05) is 24.3 Å². The van der Waals surface area contributed by atoms with Gasteiger partial charge in [0.2, 0.25) is 5.78 Å². The second-order valence-electron chi connectivity index (χ2n) is 7.67. The Bertz CT molecular complexity index is 1170. The highest BCUT2D eigenvalue weighted by molar-refractivity contribution is 6.42. The van der Waals surface area contributed by atoms with E-state index in [4.69, 9.17) is 4.74 Å². The molecule has 0 spiro atoms. The molecule has 0 radical (unpaired) electrons. The zero-order chi connectivity index (χ0) is 22.1. The third kappa shape index (κ3) is 3.67. The molecule has 2 N–H and O–H groups in total. The second-order valence-corrected chi connectivity index (χ2v) is 7.67. The molecule has 0 aliphatic carbocycles. The number of carbonyl (C=O) groups is 3. The number of rotatable bonds is 7. The number of ether oxygens (including phenoxy) is 1. The van der Waals surface area contributed by atoms with Crippen LogP contribution in [0.2, 0.25) is 0 Å². The molecular formula is C24H24N2O5. The van der Waals surface area contributed by atoms with Crippen LogP contribution < -0.4 is 4.74 Å². The van der Waals surface area contributed by atoms with Gasteiger partial charge in [-0.25, -0.2) is 0 Å². The number of aromatic nitrogens is 1. The van der Waals surface area contributed by atoms with Gasteiger partial charge < -0.3 is 19.7 Å². The van der Waals surface area contributed by atoms with Gasteiger partial charge in [0.05, 0.1) is 12.6 Å². The predicted molar refractivity (Wildman–Crippen MR) is 115 cm³/mol. The topological polar surface area (TPSA) is 99.7 Å². The van der Waals surface area contributed by atoms with Gasteiger partial charge in [0.25, 0.3) is 5.91 Å². The number of ketones is 2. The van der Waals surface area contributed by atoms with Gasteiger partial charge in [-0.2, -0.15) is 0 Å². The number of Topliss-reactive ketones (excluding diaryl/α,β-unsaturated/α-hetero) is 2. The Morgan fingerprint density at radius 3 is 2.71 bits per heavy atom. The van der Waals surface area contributed by atoms with Crippen molar-refractivity contribution in [2.45, 2.75) is 26.3 Å². The summed E-state index contributed by atoms with van der Waals surface area (Å²) in [4.78, 5) is 42.5. The summed E-state index contributed by atoms with van der Waals surface area (Å²) in [5.41, 5.74) is 2.61. The zero-order valence-corrected chi connectivity index (χ0v) is 17.4. The number of phenolic OH excluding ortho intramolecular Hbond substituents is 1. The van der Waals surface area contributed by atoms with E-state index < -0.39 is 23.7 Å². The van der Waals surface area contributed by atoms with E-state index in [9.17, 15) is 19.5 Å². The average Bonchev–Trinajstić information content (AvgIpc) is 3.27. The first kappa shape index (κ1) is 20.7. The molecule has 0 bridgehead atoms. The van der Waals surface area contributed by atoms with E-state index in [0.29, 0.717) is 18.6 Å². The van der Waals surface area contributed by atoms with Gasteiger partial charge in [0.15, 0.2) is 11.5 Å². The molecule has 2 unspecified atom stereocenters. The van der Waals surface area contributed by atoms with Crippen LogP contribution >= 0.6 is 0 Å². The van der Waals surface area contributed by atoms with Crippen LogP contribution in [0.15, 0.2) is 48.7 Å². The van der Waals surface area contributed by atoms with Crippen LogP contribution in [0.5, 0.6) is 11.5 Å². The summed E-state index contributed by atoms with van der Waals surface area (Å²) < 4.78 is 5.46. The van der Waals surface area contributed by atoms with Crippen LogP contribution in [0.3, 0.4) is 0 Å². The molecule has 1 aromatic heterocycles. The number of H-pyrrole nitrogens is 1. The first-order chi connectivity index (χ1) is 14.9. The van der Waals surface area contributed by atoms with E-state index in [0.717, 1.165) is 16.5 Å². The fraction of sp³-hybridized carbons (Fsp3) is 0.292. The van der Waals surface area contributed by atoms with Crippen molar-refractivity contribution in [3.8, 4) is 11.5 Å². The van der Waals surface area contributed by atoms with E-state index in [-0.39, 0.29) is 23.8 Å². The van der Waals surface area contributed by atoms with Crippen molar-refractivity contribution in [2.75, 3.05) is 13.2 Å². The number of likely N-dealkylation sites (tertiary alicyclic amines) is 1. The molecule has 7 nitrogen and oxygen atoms in total. The molecule has 1 amide bonds. The SMILES string of the molecule is CCOc1cc(C2C(C(C)=O)C(=O)C(=O)N2CCc2c[nH]c3ccccc23)ccc1O. The van der Waals surface area contributed by atoms with Crippen LogP contribution in [-0.2, 0) is 20.8 Å². The number of fused-ring (bicyclic) bond motifs is 1. The molecule has 31 heavy (non-hydrogen) atoms. The molecule has 160 valence electrons. The number of nitrogens with one attached hydrogen (secondary N) is 1. The number of phenols is 1. The van der Waals surface area contributed by atoms with Crippen molar-refractivity contribution < 1.29 is 24.2 Å². The monoisotopic (exact) mass is 420 g/mol. The molecule has 7 heteroatoms. The largest absolute Gasteiger partial charge is 0.504 e. The first-order valence-corrected chi connectivity index (χ1v) is 10.3. The summed E-state index contributed by atoms with van der Waals surface area (Å²) >= 11 is 0. The fourth-order valence-corrected chi connectivity index (χ4v) is 4.31. The summed E-state index contributed by atoms with van der Waals surface area (Å²) in [6.07, 6.45) is 2.43. The third-order valence-corrected chi connectivity index (χ3v) is 5.77. The van der Waals surface area contributed by atoms with Crippen LogP contribution in [-0.4, -0.2) is 45.6 Å². The number of hydrogen-bond acceptors (Lipinski definition) is 5. The molecule has 2 aromatic carbocycles. The highest BCUT2D eigenvalue weighted by Gasteiger charge is 2.50. The number of carbonyl (C=O) groups excluding carboxylic acids is 3. The van der Waals surface area contributed by atoms with Crippen LogP contribution in [0, 0.1) is 5.92 Å². The average molecular weight is 420 g/mol. The lowest BCUT2D eigenvalue weighted by atomic mass is 9.89. The fourth-order valence-electron chi connectivity index (χ4n) is 4.31. The highest BCUT2D eigenvalue weighted by Crippen LogP contribution is 2.40. The lowest BCUT2D eigenvalue weighted by Crippen LogP contribution is -2.32. The van der Waals surface area contributed by atoms with Gasteiger partial charge in [-0.05, 0) is 49.6 Å². The van der Waals surface area contributed by atoms with Crippen LogP contribution in [0.1, 0.15) is 31.0 Å². The van der Waals surface area contributed by atoms with Gasteiger partial charge in [-0.15, -0.1) is 0 Å². The molecule has 1 fully saturated rings. The molecule has 1 aliphatic heterocycles. The van der Waals surface area contributed by atoms with Gasteiger partial charge in [0, 0.05) is 23.6 Å². The Morgan fingerprint density at radius 2 is 1.97 bits per heavy atom. The number of hydrogen-bond donors (Lipinski definition) is 2. The van der Waals surface area contributed by atoms with Crippen molar-refractivity contribution in [2.24, 2.45) is 5.92 Å². The number of aromatic hydroxyl groups is 1. The minimum Gasteiger partial charge on any atom is -0.504 e. The molecule has 3 aromatic rings. The Hall–Kier alpha value is -3.61. The van der Waals surface area contributed by atoms with Crippen LogP contribution in [0.4, 0.5) is 0 Å². The van der Waals surface area contributed by atoms with E-state index >= 15 is 0 Å². The van der Waals surface area contributed by atoms with Crippen molar-refractivity contribution in [1.29, 1.82) is 0 Å². The minimum absolute atomic E-state index is 0.0361. The van der Waals surface area contributed by atoms with E-state index in [1.807, 2.05) is 30.5 Å². The molecule has 1 saturated heterocycles. The van der Waals surface area contributed by atoms with Crippen LogP contribution in [0.25, 0.3) is 10.9 Å². The van der Waals surface area contributed by atoms with E-state index in [2.05, 4.69) is 4.98 Å². The zero-order valence-electron chi connectivity index (χ0n) is 17.4. The maximum atomic E-state index is 12.8. The second kappa shape index (κ2) is 8.26. The highest BCUT2D eigenvalue weighted by atomic mass is 16.5. The van der Waals surface area contributed by atoms with E-state index in [1.54, 1.807) is 19.1 Å². The smallest absolute Gasteiger partial charge is 0.291 e. The van der Waals surface area contributed by atoms with E-state index in [1.165, 1.54) is 17.9 Å². The summed E-state index contributed by atoms with van der Waals surface area (Å²) in [5, 5.41) is 11.1. The molecule has 2 atom stereocenters. The third-order valence-electron chi connectivity index (χ3n) is 5.77. The van der Waals surface area contributed by atoms with Crippen molar-refractivity contribution >= 4 is 28.4 Å². The summed E-state index contributed by atoms with van der Waals surface area (Å²) in [7, 11) is 0. The molecule has 2 heterocycles. The molecule has 4 rings (SSSR count). The Labute approximate surface area is 179 Å². The molecular weight excluding hydrogens is 396 g/mol. The Kier molecular flexibility index (Phi) is 5.50. The number of nitrogens with zero attached hydrogens (tertiary/aromatic N) is 1. The predicted octanol–water partition coefficient (Wildman–Crippen LogP) is 3.17. The lowest BCUT2D eigenvalue weighted by Gasteiger charge is -2.27. The maximum absolute atomic E-state index is 12.8. The Morgan fingerprint density at radius 1 is 1.19 bits per heavy atom.